The Morgan fingerprint density at radius 3 is 2.15 bits per heavy atom. The molecule has 0 aliphatic rings. The van der Waals surface area contributed by atoms with Crippen molar-refractivity contribution in [1.82, 2.24) is 5.32 Å². The molecule has 2 rings (SSSR count). The lowest BCUT2D eigenvalue weighted by atomic mass is 10.0. The van der Waals surface area contributed by atoms with Crippen molar-refractivity contribution in [3.63, 3.8) is 0 Å². The van der Waals surface area contributed by atoms with Gasteiger partial charge in [0.15, 0.2) is 0 Å². The number of hydrogen-bond donors (Lipinski definition) is 3. The van der Waals surface area contributed by atoms with Crippen molar-refractivity contribution in [3.05, 3.63) is 59.9 Å². The number of hydrogen-bond acceptors (Lipinski definition) is 3. The van der Waals surface area contributed by atoms with Gasteiger partial charge in [-0.1, -0.05) is 32.0 Å². The van der Waals surface area contributed by atoms with Crippen LogP contribution in [0.15, 0.2) is 48.5 Å². The first kappa shape index (κ1) is 20.1. The Morgan fingerprint density at radius 1 is 0.926 bits per heavy atom. The Labute approximate surface area is 157 Å². The molecule has 0 bridgehead atoms. The van der Waals surface area contributed by atoms with E-state index in [1.807, 2.05) is 0 Å². The van der Waals surface area contributed by atoms with Crippen LogP contribution < -0.4 is 16.0 Å². The topological polar surface area (TPSA) is 87.3 Å². The maximum absolute atomic E-state index is 13.8. The van der Waals surface area contributed by atoms with Crippen molar-refractivity contribution in [2.24, 2.45) is 5.92 Å². The number of nitrogens with one attached hydrogen (secondary N) is 3. The first-order chi connectivity index (χ1) is 12.8. The number of anilines is 2. The zero-order valence-electron chi connectivity index (χ0n) is 15.4. The standard InChI is InChI=1S/C20H22FN3O3/c1-12(2)18(24-19(26)16-9-4-5-10-17(16)21)20(27)23-15-8-6-7-14(11-15)22-13(3)25/h4-12,18H,1-3H3,(H,22,25)(H,23,27)(H,24,26)/t18-/m0/s1. The van der Waals surface area contributed by atoms with Gasteiger partial charge in [0, 0.05) is 18.3 Å². The van der Waals surface area contributed by atoms with Crippen LogP contribution in [0.3, 0.4) is 0 Å². The van der Waals surface area contributed by atoms with E-state index in [0.29, 0.717) is 11.4 Å². The molecule has 0 unspecified atom stereocenters. The monoisotopic (exact) mass is 371 g/mol. The van der Waals surface area contributed by atoms with E-state index in [4.69, 9.17) is 0 Å². The van der Waals surface area contributed by atoms with Crippen LogP contribution in [0.2, 0.25) is 0 Å². The van der Waals surface area contributed by atoms with Gasteiger partial charge in [-0.25, -0.2) is 4.39 Å². The van der Waals surface area contributed by atoms with E-state index < -0.39 is 23.7 Å². The maximum atomic E-state index is 13.8. The second-order valence-electron chi connectivity index (χ2n) is 6.43. The molecule has 1 atom stereocenters. The third-order valence-electron chi connectivity index (χ3n) is 3.80. The first-order valence-corrected chi connectivity index (χ1v) is 8.52. The number of benzene rings is 2. The largest absolute Gasteiger partial charge is 0.340 e. The molecule has 0 aromatic heterocycles. The highest BCUT2D eigenvalue weighted by atomic mass is 19.1. The summed E-state index contributed by atoms with van der Waals surface area (Å²) in [5, 5.41) is 7.92. The predicted octanol–water partition coefficient (Wildman–Crippen LogP) is 3.18. The second-order valence-corrected chi connectivity index (χ2v) is 6.43. The van der Waals surface area contributed by atoms with E-state index in [1.54, 1.807) is 44.2 Å². The molecule has 0 spiro atoms. The summed E-state index contributed by atoms with van der Waals surface area (Å²) < 4.78 is 13.8. The van der Waals surface area contributed by atoms with Crippen molar-refractivity contribution in [1.29, 1.82) is 0 Å². The molecule has 27 heavy (non-hydrogen) atoms. The van der Waals surface area contributed by atoms with Gasteiger partial charge in [0.1, 0.15) is 11.9 Å². The molecular weight excluding hydrogens is 349 g/mol. The lowest BCUT2D eigenvalue weighted by molar-refractivity contribution is -0.119. The predicted molar refractivity (Wildman–Crippen MR) is 102 cm³/mol. The molecule has 6 nitrogen and oxygen atoms in total. The van der Waals surface area contributed by atoms with Gasteiger partial charge in [0.2, 0.25) is 11.8 Å². The summed E-state index contributed by atoms with van der Waals surface area (Å²) in [6.07, 6.45) is 0. The molecule has 142 valence electrons. The third kappa shape index (κ3) is 5.64. The van der Waals surface area contributed by atoms with Gasteiger partial charge in [0.05, 0.1) is 5.56 Å². The minimum atomic E-state index is -0.860. The average molecular weight is 371 g/mol. The molecule has 3 amide bonds. The number of rotatable bonds is 6. The van der Waals surface area contributed by atoms with Crippen LogP contribution in [0.25, 0.3) is 0 Å². The van der Waals surface area contributed by atoms with E-state index in [-0.39, 0.29) is 17.4 Å². The van der Waals surface area contributed by atoms with E-state index in [9.17, 15) is 18.8 Å². The Morgan fingerprint density at radius 2 is 1.56 bits per heavy atom. The molecule has 3 N–H and O–H groups in total. The van der Waals surface area contributed by atoms with Gasteiger partial charge in [-0.2, -0.15) is 0 Å². The van der Waals surface area contributed by atoms with Gasteiger partial charge in [-0.15, -0.1) is 0 Å². The van der Waals surface area contributed by atoms with Gasteiger partial charge in [-0.05, 0) is 36.2 Å². The summed E-state index contributed by atoms with van der Waals surface area (Å²) in [4.78, 5) is 36.1. The molecule has 0 aliphatic carbocycles. The number of halogens is 1. The Kier molecular flexibility index (Phi) is 6.65. The smallest absolute Gasteiger partial charge is 0.254 e. The molecule has 2 aromatic rings. The Hall–Kier alpha value is -3.22. The lowest BCUT2D eigenvalue weighted by Crippen LogP contribution is -2.47. The van der Waals surface area contributed by atoms with Crippen molar-refractivity contribution < 1.29 is 18.8 Å². The van der Waals surface area contributed by atoms with E-state index in [0.717, 1.165) is 0 Å². The summed E-state index contributed by atoms with van der Waals surface area (Å²) >= 11 is 0. The summed E-state index contributed by atoms with van der Waals surface area (Å²) in [5.74, 6) is -2.19. The third-order valence-corrected chi connectivity index (χ3v) is 3.80. The van der Waals surface area contributed by atoms with Crippen LogP contribution in [0.5, 0.6) is 0 Å². The van der Waals surface area contributed by atoms with Crippen LogP contribution in [-0.2, 0) is 9.59 Å². The minimum absolute atomic E-state index is 0.122. The summed E-state index contributed by atoms with van der Waals surface area (Å²) in [6, 6.07) is 11.4. The number of carbonyl (C=O) groups is 3. The van der Waals surface area contributed by atoms with Crippen LogP contribution in [0.4, 0.5) is 15.8 Å². The molecule has 0 fully saturated rings. The fourth-order valence-corrected chi connectivity index (χ4v) is 2.50. The van der Waals surface area contributed by atoms with Crippen LogP contribution >= 0.6 is 0 Å². The van der Waals surface area contributed by atoms with Gasteiger partial charge < -0.3 is 16.0 Å². The summed E-state index contributed by atoms with van der Waals surface area (Å²) in [6.45, 7) is 4.94. The van der Waals surface area contributed by atoms with Crippen molar-refractivity contribution >= 4 is 29.1 Å². The fraction of sp³-hybridized carbons (Fsp3) is 0.250. The van der Waals surface area contributed by atoms with E-state index in [1.165, 1.54) is 25.1 Å². The fourth-order valence-electron chi connectivity index (χ4n) is 2.50. The Balaban J connectivity index is 2.12. The molecule has 0 aliphatic heterocycles. The van der Waals surface area contributed by atoms with Crippen molar-refractivity contribution in [2.75, 3.05) is 10.6 Å². The zero-order valence-corrected chi connectivity index (χ0v) is 15.4. The van der Waals surface area contributed by atoms with Crippen LogP contribution in [-0.4, -0.2) is 23.8 Å². The van der Waals surface area contributed by atoms with Gasteiger partial charge >= 0.3 is 0 Å². The van der Waals surface area contributed by atoms with Gasteiger partial charge in [-0.3, -0.25) is 14.4 Å². The molecule has 0 heterocycles. The van der Waals surface area contributed by atoms with E-state index in [2.05, 4.69) is 16.0 Å². The molecule has 0 saturated carbocycles. The average Bonchev–Trinajstić information content (AvgIpc) is 2.59. The zero-order chi connectivity index (χ0) is 20.0. The quantitative estimate of drug-likeness (QED) is 0.729. The second kappa shape index (κ2) is 8.93. The van der Waals surface area contributed by atoms with E-state index >= 15 is 0 Å². The highest BCUT2D eigenvalue weighted by molar-refractivity contribution is 6.01. The Bertz CT molecular complexity index is 852. The molecule has 2 aromatic carbocycles. The number of carbonyl (C=O) groups excluding carboxylic acids is 3. The summed E-state index contributed by atoms with van der Waals surface area (Å²) in [7, 11) is 0. The normalized spacial score (nSPS) is 11.6. The molecular formula is C20H22FN3O3. The van der Waals surface area contributed by atoms with Crippen molar-refractivity contribution in [3.8, 4) is 0 Å². The lowest BCUT2D eigenvalue weighted by Gasteiger charge is -2.22. The minimum Gasteiger partial charge on any atom is -0.340 e. The molecule has 0 saturated heterocycles. The SMILES string of the molecule is CC(=O)Nc1cccc(NC(=O)[C@@H](NC(=O)c2ccccc2F)C(C)C)c1. The summed E-state index contributed by atoms with van der Waals surface area (Å²) in [5.41, 5.74) is 0.887. The maximum Gasteiger partial charge on any atom is 0.254 e. The van der Waals surface area contributed by atoms with Gasteiger partial charge in [0.25, 0.3) is 5.91 Å². The highest BCUT2D eigenvalue weighted by Crippen LogP contribution is 2.16. The van der Waals surface area contributed by atoms with Crippen molar-refractivity contribution in [2.45, 2.75) is 26.8 Å². The number of amides is 3. The molecule has 7 heteroatoms. The van der Waals surface area contributed by atoms with Crippen LogP contribution in [0.1, 0.15) is 31.1 Å². The molecule has 0 radical (unpaired) electrons. The van der Waals surface area contributed by atoms with Crippen LogP contribution in [0, 0.1) is 11.7 Å². The first-order valence-electron chi connectivity index (χ1n) is 8.52. The highest BCUT2D eigenvalue weighted by Gasteiger charge is 2.25.